The summed E-state index contributed by atoms with van der Waals surface area (Å²) in [5, 5.41) is 4.86. The van der Waals surface area contributed by atoms with Crippen molar-refractivity contribution in [1.29, 1.82) is 0 Å². The average Bonchev–Trinajstić information content (AvgIpc) is 3.47. The maximum Gasteiger partial charge on any atom is 0.324 e. The van der Waals surface area contributed by atoms with Gasteiger partial charge in [-0.2, -0.15) is 0 Å². The normalized spacial score (nSPS) is 17.4. The number of fused-ring (bicyclic) bond motifs is 2. The molecule has 0 radical (unpaired) electrons. The van der Waals surface area contributed by atoms with Crippen molar-refractivity contribution in [2.24, 2.45) is 0 Å². The maximum absolute atomic E-state index is 13.3. The number of H-pyrrole nitrogens is 1. The Kier molecular flexibility index (Phi) is 9.31. The molecule has 1 aromatic heterocycles. The second kappa shape index (κ2) is 13.7. The Morgan fingerprint density at radius 1 is 0.978 bits per heavy atom. The van der Waals surface area contributed by atoms with Crippen molar-refractivity contribution >= 4 is 50.5 Å². The quantitative estimate of drug-likeness (QED) is 0.176. The van der Waals surface area contributed by atoms with Gasteiger partial charge in [0, 0.05) is 0 Å². The topological polar surface area (TPSA) is 169 Å². The van der Waals surface area contributed by atoms with Gasteiger partial charge in [-0.25, -0.2) is 18.1 Å². The summed E-state index contributed by atoms with van der Waals surface area (Å²) in [6.07, 6.45) is 2.38. The first-order valence-electron chi connectivity index (χ1n) is 15.3. The third-order valence-corrected chi connectivity index (χ3v) is 10.1. The number of esters is 1. The predicted octanol–water partition coefficient (Wildman–Crippen LogP) is 4.20. The molecule has 3 aromatic carbocycles. The van der Waals surface area contributed by atoms with Crippen LogP contribution in [-0.4, -0.2) is 53.6 Å². The van der Waals surface area contributed by atoms with Crippen LogP contribution < -0.4 is 20.1 Å². The van der Waals surface area contributed by atoms with Gasteiger partial charge in [0.05, 0.1) is 28.4 Å². The number of rotatable bonds is 11. The lowest BCUT2D eigenvalue weighted by Crippen LogP contribution is -2.47. The number of nitrogens with zero attached hydrogens (tertiary/aromatic N) is 1. The summed E-state index contributed by atoms with van der Waals surface area (Å²) in [5.74, 6) is -1.06. The lowest BCUT2D eigenvalue weighted by atomic mass is 10.0. The molecule has 12 nitrogen and oxygen atoms in total. The van der Waals surface area contributed by atoms with E-state index in [0.29, 0.717) is 35.4 Å². The van der Waals surface area contributed by atoms with Crippen LogP contribution in [0.4, 0.5) is 11.6 Å². The molecular weight excluding hydrogens is 610 g/mol. The van der Waals surface area contributed by atoms with Gasteiger partial charge in [-0.05, 0) is 54.7 Å². The number of carbonyl (C=O) groups is 3. The molecule has 2 aliphatic rings. The summed E-state index contributed by atoms with van der Waals surface area (Å²) in [6.45, 7) is 0.000718. The van der Waals surface area contributed by atoms with E-state index in [0.717, 1.165) is 30.3 Å². The third kappa shape index (κ3) is 7.54. The lowest BCUT2D eigenvalue weighted by Gasteiger charge is -2.27. The number of anilines is 2. The Morgan fingerprint density at radius 2 is 1.74 bits per heavy atom. The molecular formula is C33H35N5O7S. The van der Waals surface area contributed by atoms with Crippen molar-refractivity contribution in [3.8, 4) is 5.75 Å². The van der Waals surface area contributed by atoms with Crippen molar-refractivity contribution in [3.05, 3.63) is 83.9 Å². The number of aromatic nitrogens is 2. The van der Waals surface area contributed by atoms with Crippen LogP contribution in [0.1, 0.15) is 49.7 Å². The Bertz CT molecular complexity index is 1800. The largest absolute Gasteiger partial charge is 0.478 e. The van der Waals surface area contributed by atoms with E-state index in [1.807, 2.05) is 54.6 Å². The van der Waals surface area contributed by atoms with Gasteiger partial charge in [-0.3, -0.25) is 19.7 Å². The standard InChI is InChI=1S/C33H35N5O7S/c39-30(37-33-35-24-13-7-8-14-25(24)36-33)19-29-31(40)34-26-17-22(15-16-28(26)45-29)18-27(32(41)44-20-21-9-3-1-4-10-21)38-46(42,43)23-11-5-2-6-12-23/h1,3-4,7-10,13-17,23,27,29,38H,2,5-6,11-12,18-20H2,(H,34,40)(H2,35,36,37,39)/t27-,29?/m0/s1. The highest BCUT2D eigenvalue weighted by Crippen LogP contribution is 2.32. The van der Waals surface area contributed by atoms with E-state index in [4.69, 9.17) is 9.47 Å². The molecule has 1 unspecified atom stereocenters. The van der Waals surface area contributed by atoms with Crippen LogP contribution in [0, 0.1) is 0 Å². The number of aromatic amines is 1. The van der Waals surface area contributed by atoms with Gasteiger partial charge in [0.2, 0.25) is 21.9 Å². The number of para-hydroxylation sites is 2. The van der Waals surface area contributed by atoms with Crippen LogP contribution in [0.5, 0.6) is 5.75 Å². The van der Waals surface area contributed by atoms with Gasteiger partial charge in [-0.1, -0.05) is 67.8 Å². The number of imidazole rings is 1. The zero-order valence-corrected chi connectivity index (χ0v) is 25.8. The summed E-state index contributed by atoms with van der Waals surface area (Å²) in [7, 11) is -3.80. The molecule has 0 spiro atoms. The highest BCUT2D eigenvalue weighted by Gasteiger charge is 2.34. The van der Waals surface area contributed by atoms with Crippen molar-refractivity contribution in [3.63, 3.8) is 0 Å². The molecule has 2 amide bonds. The number of hydrogen-bond donors (Lipinski definition) is 4. The number of hydrogen-bond acceptors (Lipinski definition) is 8. The van der Waals surface area contributed by atoms with Gasteiger partial charge >= 0.3 is 5.97 Å². The van der Waals surface area contributed by atoms with Crippen molar-refractivity contribution in [2.45, 2.75) is 68.9 Å². The summed E-state index contributed by atoms with van der Waals surface area (Å²) >= 11 is 0. The second-order valence-electron chi connectivity index (χ2n) is 11.6. The van der Waals surface area contributed by atoms with Crippen molar-refractivity contribution in [1.82, 2.24) is 14.7 Å². The number of nitrogens with one attached hydrogen (secondary N) is 4. The Morgan fingerprint density at radius 3 is 2.52 bits per heavy atom. The molecule has 1 saturated carbocycles. The summed E-state index contributed by atoms with van der Waals surface area (Å²) in [4.78, 5) is 46.2. The minimum atomic E-state index is -3.80. The van der Waals surface area contributed by atoms with Crippen molar-refractivity contribution in [2.75, 3.05) is 10.6 Å². The molecule has 4 N–H and O–H groups in total. The first-order chi connectivity index (χ1) is 22.2. The van der Waals surface area contributed by atoms with Gasteiger partial charge < -0.3 is 19.8 Å². The summed E-state index contributed by atoms with van der Waals surface area (Å²) < 4.78 is 40.6. The smallest absolute Gasteiger partial charge is 0.324 e. The van der Waals surface area contributed by atoms with E-state index in [2.05, 4.69) is 25.3 Å². The SMILES string of the molecule is O=C(CC1Oc2ccc(C[C@H](NS(=O)(=O)C3CCCCC3)C(=O)OCc3ccccc3)cc2NC1=O)Nc1nc2ccccc2[nH]1. The van der Waals surface area contributed by atoms with Gasteiger partial charge in [-0.15, -0.1) is 0 Å². The zero-order valence-electron chi connectivity index (χ0n) is 25.0. The highest BCUT2D eigenvalue weighted by atomic mass is 32.2. The molecule has 0 bridgehead atoms. The number of benzene rings is 3. The molecule has 1 aliphatic heterocycles. The van der Waals surface area contributed by atoms with Crippen LogP contribution in [0.15, 0.2) is 72.8 Å². The molecule has 1 fully saturated rings. The molecule has 0 saturated heterocycles. The second-order valence-corrected chi connectivity index (χ2v) is 13.5. The maximum atomic E-state index is 13.3. The van der Waals surface area contributed by atoms with E-state index in [1.165, 1.54) is 0 Å². The van der Waals surface area contributed by atoms with Crippen LogP contribution >= 0.6 is 0 Å². The van der Waals surface area contributed by atoms with E-state index in [9.17, 15) is 22.8 Å². The van der Waals surface area contributed by atoms with Crippen LogP contribution in [0.25, 0.3) is 11.0 Å². The van der Waals surface area contributed by atoms with E-state index < -0.39 is 45.2 Å². The predicted molar refractivity (Wildman–Crippen MR) is 171 cm³/mol. The first-order valence-corrected chi connectivity index (χ1v) is 16.8. The fraction of sp³-hybridized carbons (Fsp3) is 0.333. The van der Waals surface area contributed by atoms with Gasteiger partial charge in [0.15, 0.2) is 6.10 Å². The molecule has 2 heterocycles. The minimum absolute atomic E-state index is 0.000718. The molecule has 6 rings (SSSR count). The zero-order chi connectivity index (χ0) is 32.1. The number of carbonyl (C=O) groups excluding carboxylic acids is 3. The van der Waals surface area contributed by atoms with Crippen LogP contribution in [-0.2, 0) is 42.2 Å². The number of amides is 2. The fourth-order valence-electron chi connectivity index (χ4n) is 5.73. The van der Waals surface area contributed by atoms with Gasteiger partial charge in [0.1, 0.15) is 18.4 Å². The van der Waals surface area contributed by atoms with Crippen LogP contribution in [0.3, 0.4) is 0 Å². The third-order valence-electron chi connectivity index (χ3n) is 8.13. The average molecular weight is 646 g/mol. The summed E-state index contributed by atoms with van der Waals surface area (Å²) in [6, 6.07) is 20.2. The lowest BCUT2D eigenvalue weighted by molar-refractivity contribution is -0.147. The van der Waals surface area contributed by atoms with Gasteiger partial charge in [0.25, 0.3) is 5.91 Å². The number of sulfonamides is 1. The molecule has 4 aromatic rings. The monoisotopic (exact) mass is 645 g/mol. The Balaban J connectivity index is 1.12. The van der Waals surface area contributed by atoms with E-state index in [1.54, 1.807) is 18.2 Å². The van der Waals surface area contributed by atoms with E-state index in [-0.39, 0.29) is 25.4 Å². The molecule has 240 valence electrons. The Hall–Kier alpha value is -4.75. The van der Waals surface area contributed by atoms with Crippen molar-refractivity contribution < 1.29 is 32.3 Å². The Labute approximate surface area is 266 Å². The molecule has 13 heteroatoms. The molecule has 2 atom stereocenters. The minimum Gasteiger partial charge on any atom is -0.478 e. The van der Waals surface area contributed by atoms with Crippen LogP contribution in [0.2, 0.25) is 0 Å². The van der Waals surface area contributed by atoms with E-state index >= 15 is 0 Å². The summed E-state index contributed by atoms with van der Waals surface area (Å²) in [5.41, 5.74) is 3.17. The first kappa shape index (κ1) is 31.2. The number of ether oxygens (including phenoxy) is 2. The highest BCUT2D eigenvalue weighted by molar-refractivity contribution is 7.90. The fourth-order valence-corrected chi connectivity index (χ4v) is 7.45. The molecule has 46 heavy (non-hydrogen) atoms. The molecule has 1 aliphatic carbocycles.